The number of benzene rings is 2. The third kappa shape index (κ3) is 2.11. The van der Waals surface area contributed by atoms with Gasteiger partial charge in [0.05, 0.1) is 29.9 Å². The van der Waals surface area contributed by atoms with Gasteiger partial charge < -0.3 is 20.3 Å². The van der Waals surface area contributed by atoms with Crippen LogP contribution >= 0.6 is 0 Å². The van der Waals surface area contributed by atoms with E-state index in [1.54, 1.807) is 30.3 Å². The van der Waals surface area contributed by atoms with E-state index in [1.165, 1.54) is 6.07 Å². The molecular formula is C18H17NO5. The zero-order valence-corrected chi connectivity index (χ0v) is 12.9. The lowest BCUT2D eigenvalue weighted by atomic mass is 9.68. The lowest BCUT2D eigenvalue weighted by Gasteiger charge is -2.43. The van der Waals surface area contributed by atoms with Crippen molar-refractivity contribution in [1.82, 2.24) is 5.32 Å². The fourth-order valence-corrected chi connectivity index (χ4v) is 3.96. The second-order valence-electron chi connectivity index (χ2n) is 6.73. The smallest absolute Gasteiger partial charge is 0.336 e. The Bertz CT molecular complexity index is 854. The van der Waals surface area contributed by atoms with Crippen molar-refractivity contribution >= 4 is 22.6 Å². The van der Waals surface area contributed by atoms with Crippen LogP contribution in [0.25, 0.3) is 10.8 Å². The maximum absolute atomic E-state index is 12.7. The molecule has 124 valence electrons. The summed E-state index contributed by atoms with van der Waals surface area (Å²) in [4.78, 5) is 24.1. The average molecular weight is 327 g/mol. The molecule has 2 heterocycles. The van der Waals surface area contributed by atoms with Gasteiger partial charge in [0, 0.05) is 18.4 Å². The highest BCUT2D eigenvalue weighted by Crippen LogP contribution is 2.51. The molecule has 2 bridgehead atoms. The van der Waals surface area contributed by atoms with Crippen molar-refractivity contribution in [2.75, 3.05) is 13.2 Å². The summed E-state index contributed by atoms with van der Waals surface area (Å²) in [6.45, 7) is 0.352. The van der Waals surface area contributed by atoms with Crippen molar-refractivity contribution in [1.29, 1.82) is 0 Å². The summed E-state index contributed by atoms with van der Waals surface area (Å²) in [5.41, 5.74) is -0.305. The summed E-state index contributed by atoms with van der Waals surface area (Å²) in [6, 6.07) is 9.99. The zero-order chi connectivity index (χ0) is 16.9. The minimum atomic E-state index is -1.02. The molecule has 3 N–H and O–H groups in total. The van der Waals surface area contributed by atoms with Gasteiger partial charge >= 0.3 is 5.97 Å². The molecule has 3 fully saturated rings. The lowest BCUT2D eigenvalue weighted by Crippen LogP contribution is -2.60. The van der Waals surface area contributed by atoms with E-state index in [0.717, 1.165) is 0 Å². The number of aliphatic hydroxyl groups is 1. The first-order valence-electron chi connectivity index (χ1n) is 7.80. The van der Waals surface area contributed by atoms with Crippen LogP contribution in [0.5, 0.6) is 0 Å². The minimum absolute atomic E-state index is 0.0408. The van der Waals surface area contributed by atoms with Gasteiger partial charge in [-0.05, 0) is 22.9 Å². The van der Waals surface area contributed by atoms with Crippen molar-refractivity contribution < 1.29 is 24.5 Å². The van der Waals surface area contributed by atoms with Crippen LogP contribution in [-0.4, -0.2) is 46.4 Å². The Labute approximate surface area is 138 Å². The Morgan fingerprint density at radius 1 is 1.08 bits per heavy atom. The number of hydrogen-bond donors (Lipinski definition) is 3. The molecule has 5 rings (SSSR count). The van der Waals surface area contributed by atoms with Crippen LogP contribution in [0.2, 0.25) is 0 Å². The normalized spacial score (nSPS) is 27.7. The summed E-state index contributed by atoms with van der Waals surface area (Å²) in [5, 5.41) is 22.8. The highest BCUT2D eigenvalue weighted by atomic mass is 16.5. The maximum Gasteiger partial charge on any atom is 0.336 e. The van der Waals surface area contributed by atoms with Crippen LogP contribution in [0, 0.1) is 0 Å². The van der Waals surface area contributed by atoms with Gasteiger partial charge in [-0.25, -0.2) is 4.79 Å². The number of amides is 1. The van der Waals surface area contributed by atoms with Gasteiger partial charge in [0.2, 0.25) is 0 Å². The SMILES string of the molecule is O=C(O)c1cccc2c(C(=O)NC34COC(CO)(C3)C4)cccc12. The van der Waals surface area contributed by atoms with Gasteiger partial charge in [-0.15, -0.1) is 0 Å². The van der Waals surface area contributed by atoms with E-state index in [1.807, 2.05) is 0 Å². The van der Waals surface area contributed by atoms with Crippen molar-refractivity contribution in [3.05, 3.63) is 47.5 Å². The van der Waals surface area contributed by atoms with E-state index in [9.17, 15) is 19.8 Å². The Morgan fingerprint density at radius 2 is 1.71 bits per heavy atom. The monoisotopic (exact) mass is 327 g/mol. The third-order valence-electron chi connectivity index (χ3n) is 5.04. The van der Waals surface area contributed by atoms with Crippen LogP contribution in [-0.2, 0) is 4.74 Å². The summed E-state index contributed by atoms with van der Waals surface area (Å²) >= 11 is 0. The van der Waals surface area contributed by atoms with Crippen molar-refractivity contribution in [2.24, 2.45) is 0 Å². The molecule has 1 amide bonds. The largest absolute Gasteiger partial charge is 0.478 e. The number of carboxylic acids is 1. The first kappa shape index (κ1) is 15.1. The number of carboxylic acid groups (broad SMARTS) is 1. The molecule has 2 saturated heterocycles. The Balaban J connectivity index is 1.66. The standard InChI is InChI=1S/C18H17NO5/c20-9-18-7-17(8-18,10-24-18)19-15(21)13-5-1-4-12-11(13)3-2-6-14(12)16(22)23/h1-6,20H,7-10H2,(H,19,21)(H,22,23). The van der Waals surface area contributed by atoms with Gasteiger partial charge in [0.1, 0.15) is 0 Å². The molecule has 0 aromatic heterocycles. The van der Waals surface area contributed by atoms with Crippen molar-refractivity contribution in [2.45, 2.75) is 24.0 Å². The number of ether oxygens (including phenoxy) is 1. The summed E-state index contributed by atoms with van der Waals surface area (Å²) < 4.78 is 5.60. The van der Waals surface area contributed by atoms with E-state index in [-0.39, 0.29) is 18.1 Å². The average Bonchev–Trinajstić information content (AvgIpc) is 3.09. The van der Waals surface area contributed by atoms with Crippen LogP contribution in [0.4, 0.5) is 0 Å². The molecule has 6 heteroatoms. The van der Waals surface area contributed by atoms with Gasteiger partial charge in [0.25, 0.3) is 5.91 Å². The number of carbonyl (C=O) groups is 2. The van der Waals surface area contributed by atoms with Gasteiger partial charge in [-0.3, -0.25) is 4.79 Å². The van der Waals surface area contributed by atoms with E-state index in [0.29, 0.717) is 35.8 Å². The number of aromatic carboxylic acids is 1. The summed E-state index contributed by atoms with van der Waals surface area (Å²) in [6.07, 6.45) is 1.21. The van der Waals surface area contributed by atoms with Crippen LogP contribution in [0.15, 0.2) is 36.4 Å². The molecule has 0 spiro atoms. The molecule has 1 aliphatic carbocycles. The van der Waals surface area contributed by atoms with E-state index in [4.69, 9.17) is 4.74 Å². The summed E-state index contributed by atoms with van der Waals surface area (Å²) in [7, 11) is 0. The molecule has 2 aliphatic heterocycles. The second kappa shape index (κ2) is 5.03. The molecule has 2 aromatic rings. The lowest BCUT2D eigenvalue weighted by molar-refractivity contribution is -0.0494. The molecule has 24 heavy (non-hydrogen) atoms. The first-order valence-corrected chi connectivity index (χ1v) is 7.80. The van der Waals surface area contributed by atoms with Crippen molar-refractivity contribution in [3.8, 4) is 0 Å². The second-order valence-corrected chi connectivity index (χ2v) is 6.73. The topological polar surface area (TPSA) is 95.9 Å². The number of hydrogen-bond acceptors (Lipinski definition) is 4. The van der Waals surface area contributed by atoms with E-state index < -0.39 is 17.1 Å². The number of fused-ring (bicyclic) bond motifs is 2. The third-order valence-corrected chi connectivity index (χ3v) is 5.04. The molecule has 0 atom stereocenters. The highest BCUT2D eigenvalue weighted by molar-refractivity contribution is 6.12. The molecule has 3 aliphatic rings. The predicted octanol–water partition coefficient (Wildman–Crippen LogP) is 1.56. The Hall–Kier alpha value is -2.44. The maximum atomic E-state index is 12.7. The zero-order valence-electron chi connectivity index (χ0n) is 12.9. The number of nitrogens with one attached hydrogen (secondary N) is 1. The van der Waals surface area contributed by atoms with Crippen LogP contribution in [0.3, 0.4) is 0 Å². The van der Waals surface area contributed by atoms with E-state index in [2.05, 4.69) is 5.32 Å². The minimum Gasteiger partial charge on any atom is -0.478 e. The Morgan fingerprint density at radius 3 is 2.29 bits per heavy atom. The number of carbonyl (C=O) groups excluding carboxylic acids is 1. The number of aliphatic hydroxyl groups excluding tert-OH is 1. The first-order chi connectivity index (χ1) is 11.5. The number of rotatable bonds is 4. The van der Waals surface area contributed by atoms with Crippen molar-refractivity contribution in [3.63, 3.8) is 0 Å². The van der Waals surface area contributed by atoms with Gasteiger partial charge in [-0.2, -0.15) is 0 Å². The molecule has 1 saturated carbocycles. The van der Waals surface area contributed by atoms with Gasteiger partial charge in [0.15, 0.2) is 0 Å². The quantitative estimate of drug-likeness (QED) is 0.792. The molecule has 0 radical (unpaired) electrons. The molecular weight excluding hydrogens is 310 g/mol. The molecule has 0 unspecified atom stereocenters. The highest BCUT2D eigenvalue weighted by Gasteiger charge is 2.62. The fraction of sp³-hybridized carbons (Fsp3) is 0.333. The van der Waals surface area contributed by atoms with E-state index >= 15 is 0 Å². The molecule has 6 nitrogen and oxygen atoms in total. The summed E-state index contributed by atoms with van der Waals surface area (Å²) in [5.74, 6) is -1.27. The van der Waals surface area contributed by atoms with Gasteiger partial charge in [-0.1, -0.05) is 24.3 Å². The Kier molecular flexibility index (Phi) is 3.16. The predicted molar refractivity (Wildman–Crippen MR) is 86.1 cm³/mol. The van der Waals surface area contributed by atoms with Crippen LogP contribution in [0.1, 0.15) is 33.6 Å². The van der Waals surface area contributed by atoms with Crippen LogP contribution < -0.4 is 5.32 Å². The fourth-order valence-electron chi connectivity index (χ4n) is 3.96. The molecule has 2 aromatic carbocycles.